The standard InChI is InChI=1S/C25H18N4O3/c26-15-18-14-20(17-10-11-23(30)29(16-17)19-6-2-1-3-7-19)25(28-24(18)27,21-8-4-12-31-21)22-9-5-13-32-22/h1-14,16,28H,27H2. The van der Waals surface area contributed by atoms with Crippen molar-refractivity contribution in [1.29, 1.82) is 5.26 Å². The van der Waals surface area contributed by atoms with Gasteiger partial charge in [0.15, 0.2) is 5.54 Å². The lowest BCUT2D eigenvalue weighted by Crippen LogP contribution is -2.48. The number of allylic oxidation sites excluding steroid dienone is 2. The largest absolute Gasteiger partial charge is 0.466 e. The molecule has 0 bridgehead atoms. The molecule has 3 N–H and O–H groups in total. The van der Waals surface area contributed by atoms with Crippen LogP contribution in [0.4, 0.5) is 0 Å². The molecular formula is C25H18N4O3. The highest BCUT2D eigenvalue weighted by atomic mass is 16.3. The van der Waals surface area contributed by atoms with E-state index in [-0.39, 0.29) is 17.0 Å². The predicted octanol–water partition coefficient (Wildman–Crippen LogP) is 3.65. The zero-order valence-electron chi connectivity index (χ0n) is 16.9. The van der Waals surface area contributed by atoms with Gasteiger partial charge in [-0.2, -0.15) is 5.26 Å². The van der Waals surface area contributed by atoms with Crippen molar-refractivity contribution in [3.05, 3.63) is 130 Å². The Kier molecular flexibility index (Phi) is 4.53. The molecule has 32 heavy (non-hydrogen) atoms. The van der Waals surface area contributed by atoms with Crippen LogP contribution in [0.2, 0.25) is 0 Å². The van der Waals surface area contributed by atoms with Gasteiger partial charge in [-0.3, -0.25) is 9.36 Å². The van der Waals surface area contributed by atoms with Crippen LogP contribution < -0.4 is 16.6 Å². The van der Waals surface area contributed by atoms with Crippen molar-refractivity contribution in [2.45, 2.75) is 5.54 Å². The second-order valence-electron chi connectivity index (χ2n) is 7.29. The average Bonchev–Trinajstić information content (AvgIpc) is 3.55. The summed E-state index contributed by atoms with van der Waals surface area (Å²) in [5, 5.41) is 12.9. The first kappa shape index (κ1) is 19.3. The molecule has 0 atom stereocenters. The van der Waals surface area contributed by atoms with Crippen molar-refractivity contribution >= 4 is 5.57 Å². The number of hydrogen-bond acceptors (Lipinski definition) is 6. The number of pyridine rings is 1. The van der Waals surface area contributed by atoms with E-state index in [1.807, 2.05) is 30.3 Å². The van der Waals surface area contributed by atoms with Crippen LogP contribution in [0.3, 0.4) is 0 Å². The number of dihydropyridines is 1. The molecule has 4 aromatic rings. The second kappa shape index (κ2) is 7.52. The molecule has 0 unspecified atom stereocenters. The zero-order valence-corrected chi connectivity index (χ0v) is 16.9. The van der Waals surface area contributed by atoms with Crippen molar-refractivity contribution in [1.82, 2.24) is 9.88 Å². The molecule has 0 aliphatic carbocycles. The topological polar surface area (TPSA) is 110 Å². The van der Waals surface area contributed by atoms with E-state index < -0.39 is 5.54 Å². The molecule has 156 valence electrons. The minimum Gasteiger partial charge on any atom is -0.466 e. The van der Waals surface area contributed by atoms with Gasteiger partial charge in [0.1, 0.15) is 23.4 Å². The van der Waals surface area contributed by atoms with Gasteiger partial charge in [0.25, 0.3) is 5.56 Å². The second-order valence-corrected chi connectivity index (χ2v) is 7.29. The lowest BCUT2D eigenvalue weighted by Gasteiger charge is -2.37. The van der Waals surface area contributed by atoms with Gasteiger partial charge >= 0.3 is 0 Å². The number of furan rings is 2. The Labute approximate surface area is 183 Å². The first-order valence-electron chi connectivity index (χ1n) is 9.90. The summed E-state index contributed by atoms with van der Waals surface area (Å²) in [6, 6.07) is 21.8. The monoisotopic (exact) mass is 422 g/mol. The maximum atomic E-state index is 12.7. The summed E-state index contributed by atoms with van der Waals surface area (Å²) < 4.78 is 13.2. The summed E-state index contributed by atoms with van der Waals surface area (Å²) in [6.45, 7) is 0. The molecule has 1 aromatic carbocycles. The van der Waals surface area contributed by atoms with E-state index in [4.69, 9.17) is 14.6 Å². The van der Waals surface area contributed by atoms with E-state index in [0.29, 0.717) is 22.7 Å². The minimum absolute atomic E-state index is 0.179. The first-order chi connectivity index (χ1) is 15.6. The maximum Gasteiger partial charge on any atom is 0.255 e. The average molecular weight is 422 g/mol. The Hall–Kier alpha value is -4.70. The van der Waals surface area contributed by atoms with E-state index in [1.54, 1.807) is 59.7 Å². The van der Waals surface area contributed by atoms with Crippen molar-refractivity contribution in [2.24, 2.45) is 5.73 Å². The molecule has 0 radical (unpaired) electrons. The smallest absolute Gasteiger partial charge is 0.255 e. The SMILES string of the molecule is N#CC1=C(N)NC(c2ccco2)(c2ccco2)C(c2ccc(=O)n(-c3ccccc3)c2)=C1. The highest BCUT2D eigenvalue weighted by Crippen LogP contribution is 2.45. The fraction of sp³-hybridized carbons (Fsp3) is 0.0400. The summed E-state index contributed by atoms with van der Waals surface area (Å²) in [4.78, 5) is 12.7. The third kappa shape index (κ3) is 2.94. The van der Waals surface area contributed by atoms with Crippen LogP contribution in [0.15, 0.2) is 117 Å². The number of nitrogens with two attached hydrogens (primary N) is 1. The van der Waals surface area contributed by atoms with Crippen LogP contribution in [0, 0.1) is 11.3 Å². The molecule has 4 heterocycles. The van der Waals surface area contributed by atoms with Crippen molar-refractivity contribution in [3.63, 3.8) is 0 Å². The van der Waals surface area contributed by atoms with Crippen molar-refractivity contribution < 1.29 is 8.83 Å². The zero-order chi connectivity index (χ0) is 22.1. The van der Waals surface area contributed by atoms with Crippen LogP contribution >= 0.6 is 0 Å². The highest BCUT2D eigenvalue weighted by Gasteiger charge is 2.47. The molecule has 0 spiro atoms. The Morgan fingerprint density at radius 3 is 2.22 bits per heavy atom. The molecule has 0 amide bonds. The molecule has 3 aromatic heterocycles. The van der Waals surface area contributed by atoms with Gasteiger partial charge in [0, 0.05) is 23.5 Å². The number of nitrogens with zero attached hydrogens (tertiary/aromatic N) is 2. The van der Waals surface area contributed by atoms with Gasteiger partial charge in [0.2, 0.25) is 0 Å². The minimum atomic E-state index is -1.14. The Morgan fingerprint density at radius 2 is 1.62 bits per heavy atom. The van der Waals surface area contributed by atoms with E-state index >= 15 is 0 Å². The molecule has 5 rings (SSSR count). The van der Waals surface area contributed by atoms with E-state index in [0.717, 1.165) is 5.69 Å². The van der Waals surface area contributed by atoms with Gasteiger partial charge < -0.3 is 19.9 Å². The summed E-state index contributed by atoms with van der Waals surface area (Å²) in [5.74, 6) is 1.24. The van der Waals surface area contributed by atoms with Gasteiger partial charge in [-0.05, 0) is 54.1 Å². The van der Waals surface area contributed by atoms with Crippen LogP contribution in [-0.4, -0.2) is 4.57 Å². The van der Waals surface area contributed by atoms with Crippen LogP contribution in [0.25, 0.3) is 11.3 Å². The maximum absolute atomic E-state index is 12.7. The Morgan fingerprint density at radius 1 is 0.938 bits per heavy atom. The van der Waals surface area contributed by atoms with Crippen molar-refractivity contribution in [2.75, 3.05) is 0 Å². The number of para-hydroxylation sites is 1. The number of rotatable bonds is 4. The van der Waals surface area contributed by atoms with E-state index in [2.05, 4.69) is 11.4 Å². The molecule has 0 saturated carbocycles. The first-order valence-corrected chi connectivity index (χ1v) is 9.90. The normalized spacial score (nSPS) is 15.0. The van der Waals surface area contributed by atoms with Gasteiger partial charge in [0.05, 0.1) is 18.1 Å². The lowest BCUT2D eigenvalue weighted by atomic mass is 9.78. The Balaban J connectivity index is 1.80. The van der Waals surface area contributed by atoms with Gasteiger partial charge in [-0.25, -0.2) is 0 Å². The van der Waals surface area contributed by atoms with Crippen molar-refractivity contribution in [3.8, 4) is 11.8 Å². The quantitative estimate of drug-likeness (QED) is 0.519. The summed E-state index contributed by atoms with van der Waals surface area (Å²) in [7, 11) is 0. The fourth-order valence-corrected chi connectivity index (χ4v) is 3.99. The molecule has 7 nitrogen and oxygen atoms in total. The number of hydrogen-bond donors (Lipinski definition) is 2. The molecule has 1 aliphatic rings. The number of nitrogens with one attached hydrogen (secondary N) is 1. The number of nitriles is 1. The fourth-order valence-electron chi connectivity index (χ4n) is 3.99. The lowest BCUT2D eigenvalue weighted by molar-refractivity contribution is 0.346. The third-order valence-corrected chi connectivity index (χ3v) is 5.46. The molecule has 0 saturated heterocycles. The molecule has 7 heteroatoms. The van der Waals surface area contributed by atoms with Gasteiger partial charge in [-0.1, -0.05) is 18.2 Å². The summed E-state index contributed by atoms with van der Waals surface area (Å²) in [5.41, 5.74) is 7.24. The van der Waals surface area contributed by atoms with Crippen LogP contribution in [0.5, 0.6) is 0 Å². The van der Waals surface area contributed by atoms with Crippen LogP contribution in [-0.2, 0) is 5.54 Å². The van der Waals surface area contributed by atoms with E-state index in [1.165, 1.54) is 6.07 Å². The third-order valence-electron chi connectivity index (χ3n) is 5.46. The summed E-state index contributed by atoms with van der Waals surface area (Å²) in [6.07, 6.45) is 6.56. The molecule has 1 aliphatic heterocycles. The summed E-state index contributed by atoms with van der Waals surface area (Å²) >= 11 is 0. The highest BCUT2D eigenvalue weighted by molar-refractivity contribution is 5.82. The Bertz CT molecular complexity index is 1390. The molecular weight excluding hydrogens is 404 g/mol. The molecule has 0 fully saturated rings. The number of benzene rings is 1. The number of aromatic nitrogens is 1. The van der Waals surface area contributed by atoms with Crippen LogP contribution in [0.1, 0.15) is 17.1 Å². The van der Waals surface area contributed by atoms with Gasteiger partial charge in [-0.15, -0.1) is 0 Å². The van der Waals surface area contributed by atoms with E-state index in [9.17, 15) is 10.1 Å². The predicted molar refractivity (Wildman–Crippen MR) is 118 cm³/mol.